The zero-order valence-electron chi connectivity index (χ0n) is 10.6. The van der Waals surface area contributed by atoms with Crippen molar-refractivity contribution in [1.82, 2.24) is 4.57 Å². The smallest absolute Gasteiger partial charge is 0.0515 e. The molecular weight excluding hydrogens is 196 g/mol. The maximum absolute atomic E-state index is 5.69. The Kier molecular flexibility index (Phi) is 2.76. The SMILES string of the molecule is Cc1cc(C)c2c(c1)c(C)c(C)n2CCN. The molecule has 1 heterocycles. The average molecular weight is 216 g/mol. The molecule has 2 aromatic rings. The summed E-state index contributed by atoms with van der Waals surface area (Å²) in [6.07, 6.45) is 0. The van der Waals surface area contributed by atoms with Gasteiger partial charge in [0.15, 0.2) is 0 Å². The zero-order valence-corrected chi connectivity index (χ0v) is 10.6. The topological polar surface area (TPSA) is 30.9 Å². The Hall–Kier alpha value is -1.28. The van der Waals surface area contributed by atoms with Crippen LogP contribution in [0.4, 0.5) is 0 Å². The second kappa shape index (κ2) is 3.95. The fraction of sp³-hybridized carbons (Fsp3) is 0.429. The molecule has 0 atom stereocenters. The maximum Gasteiger partial charge on any atom is 0.0515 e. The molecule has 0 radical (unpaired) electrons. The Morgan fingerprint density at radius 1 is 1.12 bits per heavy atom. The van der Waals surface area contributed by atoms with E-state index in [0.717, 1.165) is 6.54 Å². The van der Waals surface area contributed by atoms with Gasteiger partial charge in [-0.3, -0.25) is 0 Å². The monoisotopic (exact) mass is 216 g/mol. The fourth-order valence-corrected chi connectivity index (χ4v) is 2.58. The lowest BCUT2D eigenvalue weighted by molar-refractivity contribution is 0.711. The van der Waals surface area contributed by atoms with E-state index in [9.17, 15) is 0 Å². The van der Waals surface area contributed by atoms with Crippen molar-refractivity contribution in [3.05, 3.63) is 34.5 Å². The van der Waals surface area contributed by atoms with E-state index >= 15 is 0 Å². The highest BCUT2D eigenvalue weighted by Crippen LogP contribution is 2.28. The lowest BCUT2D eigenvalue weighted by Crippen LogP contribution is -2.11. The van der Waals surface area contributed by atoms with Gasteiger partial charge < -0.3 is 10.3 Å². The van der Waals surface area contributed by atoms with Gasteiger partial charge in [0.2, 0.25) is 0 Å². The van der Waals surface area contributed by atoms with Crippen LogP contribution in [0.25, 0.3) is 10.9 Å². The third kappa shape index (κ3) is 1.54. The van der Waals surface area contributed by atoms with Crippen LogP contribution < -0.4 is 5.73 Å². The molecule has 1 aromatic carbocycles. The Morgan fingerprint density at radius 2 is 1.81 bits per heavy atom. The first-order valence-electron chi connectivity index (χ1n) is 5.83. The first kappa shape index (κ1) is 11.2. The first-order valence-corrected chi connectivity index (χ1v) is 5.83. The highest BCUT2D eigenvalue weighted by Gasteiger charge is 2.12. The Bertz CT molecular complexity index is 535. The van der Waals surface area contributed by atoms with E-state index in [1.165, 1.54) is 33.3 Å². The molecule has 2 nitrogen and oxygen atoms in total. The fourth-order valence-electron chi connectivity index (χ4n) is 2.58. The second-order valence-electron chi connectivity index (χ2n) is 4.63. The highest BCUT2D eigenvalue weighted by molar-refractivity contribution is 5.88. The number of rotatable bonds is 2. The minimum atomic E-state index is 0.692. The number of nitrogens with zero attached hydrogens (tertiary/aromatic N) is 1. The van der Waals surface area contributed by atoms with Crippen molar-refractivity contribution in [3.63, 3.8) is 0 Å². The van der Waals surface area contributed by atoms with Gasteiger partial charge in [0.05, 0.1) is 5.52 Å². The summed E-state index contributed by atoms with van der Waals surface area (Å²) in [6.45, 7) is 10.3. The van der Waals surface area contributed by atoms with Gasteiger partial charge in [0.1, 0.15) is 0 Å². The van der Waals surface area contributed by atoms with Crippen molar-refractivity contribution < 1.29 is 0 Å². The molecule has 1 aromatic heterocycles. The largest absolute Gasteiger partial charge is 0.343 e. The maximum atomic E-state index is 5.69. The Morgan fingerprint density at radius 3 is 2.44 bits per heavy atom. The lowest BCUT2D eigenvalue weighted by atomic mass is 10.1. The molecule has 0 saturated carbocycles. The van der Waals surface area contributed by atoms with Crippen LogP contribution in [-0.2, 0) is 6.54 Å². The van der Waals surface area contributed by atoms with Gasteiger partial charge in [-0.1, -0.05) is 11.6 Å². The number of fused-ring (bicyclic) bond motifs is 1. The van der Waals surface area contributed by atoms with Crippen molar-refractivity contribution in [2.24, 2.45) is 5.73 Å². The van der Waals surface area contributed by atoms with Crippen LogP contribution in [0, 0.1) is 27.7 Å². The number of hydrogen-bond acceptors (Lipinski definition) is 1. The summed E-state index contributed by atoms with van der Waals surface area (Å²) >= 11 is 0. The summed E-state index contributed by atoms with van der Waals surface area (Å²) in [6, 6.07) is 4.52. The predicted molar refractivity (Wildman–Crippen MR) is 69.9 cm³/mol. The minimum absolute atomic E-state index is 0.692. The first-order chi connectivity index (χ1) is 7.56. The summed E-state index contributed by atoms with van der Waals surface area (Å²) in [4.78, 5) is 0. The van der Waals surface area contributed by atoms with Crippen LogP contribution in [-0.4, -0.2) is 11.1 Å². The van der Waals surface area contributed by atoms with Gasteiger partial charge in [0, 0.05) is 24.2 Å². The van der Waals surface area contributed by atoms with Crippen LogP contribution in [0.15, 0.2) is 12.1 Å². The standard InChI is InChI=1S/C14H20N2/c1-9-7-10(2)14-13(8-9)11(3)12(4)16(14)6-5-15/h7-8H,5-6,15H2,1-4H3. The van der Waals surface area contributed by atoms with Crippen molar-refractivity contribution in [2.45, 2.75) is 34.2 Å². The average Bonchev–Trinajstić information content (AvgIpc) is 2.44. The molecule has 0 amide bonds. The molecule has 0 aliphatic rings. The van der Waals surface area contributed by atoms with Crippen molar-refractivity contribution in [3.8, 4) is 0 Å². The summed E-state index contributed by atoms with van der Waals surface area (Å²) < 4.78 is 2.35. The lowest BCUT2D eigenvalue weighted by Gasteiger charge is -2.08. The molecule has 86 valence electrons. The molecule has 2 heteroatoms. The summed E-state index contributed by atoms with van der Waals surface area (Å²) in [7, 11) is 0. The number of benzene rings is 1. The molecule has 0 bridgehead atoms. The van der Waals surface area contributed by atoms with Crippen LogP contribution in [0.1, 0.15) is 22.4 Å². The molecule has 0 fully saturated rings. The summed E-state index contributed by atoms with van der Waals surface area (Å²) in [5, 5.41) is 1.38. The Balaban J connectivity index is 2.85. The van der Waals surface area contributed by atoms with Crippen LogP contribution in [0.3, 0.4) is 0 Å². The van der Waals surface area contributed by atoms with Crippen LogP contribution in [0.5, 0.6) is 0 Å². The molecule has 0 aliphatic carbocycles. The van der Waals surface area contributed by atoms with Gasteiger partial charge in [0.25, 0.3) is 0 Å². The van der Waals surface area contributed by atoms with Gasteiger partial charge in [-0.2, -0.15) is 0 Å². The molecule has 2 N–H and O–H groups in total. The Labute approximate surface area is 97.1 Å². The van der Waals surface area contributed by atoms with Gasteiger partial charge in [-0.05, 0) is 44.9 Å². The molecule has 0 saturated heterocycles. The molecule has 0 unspecified atom stereocenters. The predicted octanol–water partition coefficient (Wildman–Crippen LogP) is 2.83. The highest BCUT2D eigenvalue weighted by atomic mass is 15.0. The number of nitrogens with two attached hydrogens (primary N) is 1. The number of aromatic nitrogens is 1. The third-order valence-corrected chi connectivity index (χ3v) is 3.42. The van der Waals surface area contributed by atoms with E-state index < -0.39 is 0 Å². The van der Waals surface area contributed by atoms with E-state index in [4.69, 9.17) is 5.73 Å². The normalized spacial score (nSPS) is 11.3. The van der Waals surface area contributed by atoms with E-state index in [1.54, 1.807) is 0 Å². The van der Waals surface area contributed by atoms with Crippen molar-refractivity contribution in [1.29, 1.82) is 0 Å². The van der Waals surface area contributed by atoms with Gasteiger partial charge in [-0.25, -0.2) is 0 Å². The molecular formula is C14H20N2. The number of aryl methyl sites for hydroxylation is 3. The third-order valence-electron chi connectivity index (χ3n) is 3.42. The van der Waals surface area contributed by atoms with Crippen molar-refractivity contribution in [2.75, 3.05) is 6.54 Å². The second-order valence-corrected chi connectivity index (χ2v) is 4.63. The van der Waals surface area contributed by atoms with Crippen LogP contribution in [0.2, 0.25) is 0 Å². The molecule has 16 heavy (non-hydrogen) atoms. The quantitative estimate of drug-likeness (QED) is 0.822. The molecule has 0 aliphatic heterocycles. The zero-order chi connectivity index (χ0) is 11.9. The summed E-state index contributed by atoms with van der Waals surface area (Å²) in [5.41, 5.74) is 12.4. The minimum Gasteiger partial charge on any atom is -0.343 e. The van der Waals surface area contributed by atoms with E-state index in [-0.39, 0.29) is 0 Å². The number of hydrogen-bond donors (Lipinski definition) is 1. The molecule has 2 rings (SSSR count). The van der Waals surface area contributed by atoms with Crippen LogP contribution >= 0.6 is 0 Å². The molecule has 0 spiro atoms. The van der Waals surface area contributed by atoms with Gasteiger partial charge >= 0.3 is 0 Å². The van der Waals surface area contributed by atoms with E-state index in [1.807, 2.05) is 0 Å². The van der Waals surface area contributed by atoms with E-state index in [2.05, 4.69) is 44.4 Å². The summed E-state index contributed by atoms with van der Waals surface area (Å²) in [5.74, 6) is 0. The van der Waals surface area contributed by atoms with Gasteiger partial charge in [-0.15, -0.1) is 0 Å². The van der Waals surface area contributed by atoms with E-state index in [0.29, 0.717) is 6.54 Å². The van der Waals surface area contributed by atoms with Crippen molar-refractivity contribution >= 4 is 10.9 Å².